The van der Waals surface area contributed by atoms with E-state index in [4.69, 9.17) is 16.3 Å². The standard InChI is InChI=1S/C13H18ClNO3S/c1-3-9-18-13-6-4-12(5-7-13)11-15(2)19(16,17)10-8-14/h3-7H,1,8-11H2,2H3. The number of nitrogens with zero attached hydrogens (tertiary/aromatic N) is 1. The van der Waals surface area contributed by atoms with E-state index in [1.54, 1.807) is 25.3 Å². The number of rotatable bonds is 8. The van der Waals surface area contributed by atoms with Gasteiger partial charge in [0.25, 0.3) is 0 Å². The van der Waals surface area contributed by atoms with Crippen LogP contribution in [-0.2, 0) is 16.6 Å². The van der Waals surface area contributed by atoms with Crippen LogP contribution in [0.1, 0.15) is 5.56 Å². The lowest BCUT2D eigenvalue weighted by atomic mass is 10.2. The minimum absolute atomic E-state index is 0.0500. The Kier molecular flexibility index (Phi) is 6.34. The van der Waals surface area contributed by atoms with Crippen LogP contribution in [0.15, 0.2) is 36.9 Å². The first-order valence-corrected chi connectivity index (χ1v) is 7.96. The number of hydrogen-bond donors (Lipinski definition) is 0. The molecule has 0 atom stereocenters. The molecule has 1 rings (SSSR count). The highest BCUT2D eigenvalue weighted by Gasteiger charge is 2.16. The average Bonchev–Trinajstić information content (AvgIpc) is 2.38. The van der Waals surface area contributed by atoms with Crippen LogP contribution in [0.2, 0.25) is 0 Å². The monoisotopic (exact) mass is 303 g/mol. The third kappa shape index (κ3) is 5.22. The van der Waals surface area contributed by atoms with Gasteiger partial charge in [-0.3, -0.25) is 0 Å². The molecular formula is C13H18ClNO3S. The summed E-state index contributed by atoms with van der Waals surface area (Å²) in [5.41, 5.74) is 0.895. The Morgan fingerprint density at radius 2 is 2.00 bits per heavy atom. The number of ether oxygens (including phenoxy) is 1. The minimum Gasteiger partial charge on any atom is -0.490 e. The zero-order valence-corrected chi connectivity index (χ0v) is 12.5. The van der Waals surface area contributed by atoms with Crippen molar-refractivity contribution in [1.82, 2.24) is 4.31 Å². The van der Waals surface area contributed by atoms with Crippen molar-refractivity contribution < 1.29 is 13.2 Å². The molecular weight excluding hydrogens is 286 g/mol. The topological polar surface area (TPSA) is 46.6 Å². The van der Waals surface area contributed by atoms with Crippen LogP contribution in [0.25, 0.3) is 0 Å². The summed E-state index contributed by atoms with van der Waals surface area (Å²) >= 11 is 5.47. The summed E-state index contributed by atoms with van der Waals surface area (Å²) in [4.78, 5) is 0. The summed E-state index contributed by atoms with van der Waals surface area (Å²) in [6, 6.07) is 7.29. The van der Waals surface area contributed by atoms with Gasteiger partial charge in [-0.1, -0.05) is 24.8 Å². The van der Waals surface area contributed by atoms with Crippen LogP contribution in [-0.4, -0.2) is 38.0 Å². The lowest BCUT2D eigenvalue weighted by Gasteiger charge is -2.16. The van der Waals surface area contributed by atoms with E-state index in [-0.39, 0.29) is 11.6 Å². The number of halogens is 1. The third-order valence-corrected chi connectivity index (χ3v) is 4.72. The van der Waals surface area contributed by atoms with Crippen LogP contribution in [0, 0.1) is 0 Å². The van der Waals surface area contributed by atoms with Gasteiger partial charge in [0, 0.05) is 19.5 Å². The van der Waals surface area contributed by atoms with Crippen LogP contribution >= 0.6 is 11.6 Å². The number of benzene rings is 1. The average molecular weight is 304 g/mol. The fourth-order valence-corrected chi connectivity index (χ4v) is 2.89. The Balaban J connectivity index is 2.65. The maximum Gasteiger partial charge on any atom is 0.215 e. The van der Waals surface area contributed by atoms with Crippen LogP contribution in [0.5, 0.6) is 5.75 Å². The fraction of sp³-hybridized carbons (Fsp3) is 0.385. The van der Waals surface area contributed by atoms with Gasteiger partial charge >= 0.3 is 0 Å². The van der Waals surface area contributed by atoms with E-state index in [0.29, 0.717) is 13.2 Å². The third-order valence-electron chi connectivity index (χ3n) is 2.51. The van der Waals surface area contributed by atoms with Gasteiger partial charge in [0.05, 0.1) is 5.75 Å². The predicted molar refractivity (Wildman–Crippen MR) is 78.1 cm³/mol. The van der Waals surface area contributed by atoms with E-state index in [1.807, 2.05) is 12.1 Å². The van der Waals surface area contributed by atoms with E-state index in [2.05, 4.69) is 6.58 Å². The van der Waals surface area contributed by atoms with Crippen molar-refractivity contribution in [3.8, 4) is 5.75 Å². The van der Waals surface area contributed by atoms with Crippen molar-refractivity contribution >= 4 is 21.6 Å². The maximum atomic E-state index is 11.7. The normalized spacial score (nSPS) is 11.5. The summed E-state index contributed by atoms with van der Waals surface area (Å²) in [6.45, 7) is 4.34. The molecule has 0 radical (unpaired) electrons. The number of alkyl halides is 1. The molecule has 1 aromatic carbocycles. The summed E-state index contributed by atoms with van der Waals surface area (Å²) in [5, 5.41) is 0. The summed E-state index contributed by atoms with van der Waals surface area (Å²) in [6.07, 6.45) is 1.67. The highest BCUT2D eigenvalue weighted by Crippen LogP contribution is 2.14. The Bertz CT molecular complexity index is 499. The van der Waals surface area contributed by atoms with Crippen molar-refractivity contribution in [3.05, 3.63) is 42.5 Å². The molecule has 0 spiro atoms. The Hall–Kier alpha value is -1.04. The molecule has 0 N–H and O–H groups in total. The van der Waals surface area contributed by atoms with Crippen molar-refractivity contribution in [1.29, 1.82) is 0 Å². The SMILES string of the molecule is C=CCOc1ccc(CN(C)S(=O)(=O)CCCl)cc1. The van der Waals surface area contributed by atoms with Crippen molar-refractivity contribution in [2.45, 2.75) is 6.54 Å². The number of hydrogen-bond acceptors (Lipinski definition) is 3. The molecule has 0 amide bonds. The quantitative estimate of drug-likeness (QED) is 0.546. The molecule has 0 heterocycles. The molecule has 19 heavy (non-hydrogen) atoms. The van der Waals surface area contributed by atoms with Gasteiger partial charge < -0.3 is 4.74 Å². The van der Waals surface area contributed by atoms with Gasteiger partial charge in [-0.05, 0) is 17.7 Å². The van der Waals surface area contributed by atoms with Gasteiger partial charge in [0.15, 0.2) is 0 Å². The molecule has 0 saturated heterocycles. The second-order valence-electron chi connectivity index (χ2n) is 4.00. The molecule has 0 aliphatic heterocycles. The van der Waals surface area contributed by atoms with E-state index < -0.39 is 10.0 Å². The summed E-state index contributed by atoms with van der Waals surface area (Å²) in [5.74, 6) is 0.780. The van der Waals surface area contributed by atoms with Crippen LogP contribution < -0.4 is 4.74 Å². The van der Waals surface area contributed by atoms with Crippen LogP contribution in [0.4, 0.5) is 0 Å². The first-order valence-electron chi connectivity index (χ1n) is 5.82. The maximum absolute atomic E-state index is 11.7. The molecule has 0 bridgehead atoms. The van der Waals surface area contributed by atoms with E-state index >= 15 is 0 Å². The number of sulfonamides is 1. The predicted octanol–water partition coefficient (Wildman–Crippen LogP) is 2.25. The molecule has 0 aliphatic rings. The summed E-state index contributed by atoms with van der Waals surface area (Å²) < 4.78 is 30.2. The zero-order chi connectivity index (χ0) is 14.3. The van der Waals surface area contributed by atoms with Gasteiger partial charge in [-0.15, -0.1) is 11.6 Å². The second-order valence-corrected chi connectivity index (χ2v) is 6.58. The molecule has 1 aromatic rings. The van der Waals surface area contributed by atoms with Crippen molar-refractivity contribution in [2.75, 3.05) is 25.3 Å². The Morgan fingerprint density at radius 1 is 1.37 bits per heavy atom. The molecule has 6 heteroatoms. The van der Waals surface area contributed by atoms with Crippen LogP contribution in [0.3, 0.4) is 0 Å². The molecule has 0 unspecified atom stereocenters. The van der Waals surface area contributed by atoms with E-state index in [0.717, 1.165) is 11.3 Å². The van der Waals surface area contributed by atoms with Gasteiger partial charge in [0.2, 0.25) is 10.0 Å². The van der Waals surface area contributed by atoms with Crippen molar-refractivity contribution in [3.63, 3.8) is 0 Å². The molecule has 4 nitrogen and oxygen atoms in total. The van der Waals surface area contributed by atoms with Crippen molar-refractivity contribution in [2.24, 2.45) is 0 Å². The van der Waals surface area contributed by atoms with Gasteiger partial charge in [-0.2, -0.15) is 0 Å². The highest BCUT2D eigenvalue weighted by molar-refractivity contribution is 7.89. The lowest BCUT2D eigenvalue weighted by Crippen LogP contribution is -2.29. The first kappa shape index (κ1) is 16.0. The Morgan fingerprint density at radius 3 is 2.53 bits per heavy atom. The van der Waals surface area contributed by atoms with Gasteiger partial charge in [-0.25, -0.2) is 12.7 Å². The van der Waals surface area contributed by atoms with E-state index in [9.17, 15) is 8.42 Å². The Labute approximate surface area is 119 Å². The fourth-order valence-electron chi connectivity index (χ4n) is 1.46. The minimum atomic E-state index is -3.28. The highest BCUT2D eigenvalue weighted by atomic mass is 35.5. The smallest absolute Gasteiger partial charge is 0.215 e. The zero-order valence-electron chi connectivity index (χ0n) is 10.9. The second kappa shape index (κ2) is 7.53. The molecule has 0 aliphatic carbocycles. The van der Waals surface area contributed by atoms with Gasteiger partial charge in [0.1, 0.15) is 12.4 Å². The first-order chi connectivity index (χ1) is 8.99. The van der Waals surface area contributed by atoms with E-state index in [1.165, 1.54) is 4.31 Å². The lowest BCUT2D eigenvalue weighted by molar-refractivity contribution is 0.363. The molecule has 106 valence electrons. The molecule has 0 aromatic heterocycles. The molecule has 0 saturated carbocycles. The molecule has 0 fully saturated rings. The summed E-state index contributed by atoms with van der Waals surface area (Å²) in [7, 11) is -1.73. The largest absolute Gasteiger partial charge is 0.490 e.